The number of hydroxylamine groups is 1. The summed E-state index contributed by atoms with van der Waals surface area (Å²) >= 11 is 2.01. The SMILES string of the molecule is CNC.CNC(=O)CCC=O.CO.O=CCCC=O.O=CCN(COC=O)CC(=O)ONC(=O)CCI. The van der Waals surface area contributed by atoms with Crippen molar-refractivity contribution < 1.29 is 53.0 Å². The van der Waals surface area contributed by atoms with Gasteiger partial charge in [0.1, 0.15) is 38.4 Å². The molecule has 2 amide bonds. The van der Waals surface area contributed by atoms with Gasteiger partial charge < -0.3 is 44.5 Å². The number of carbonyl (C=O) groups is 8. The molecule has 0 aliphatic heterocycles. The number of nitrogens with one attached hydrogen (secondary N) is 3. The quantitative estimate of drug-likeness (QED) is 0.0391. The van der Waals surface area contributed by atoms with Crippen LogP contribution in [0.25, 0.3) is 0 Å². The van der Waals surface area contributed by atoms with E-state index >= 15 is 0 Å². The summed E-state index contributed by atoms with van der Waals surface area (Å²) in [5.74, 6) is -1.26. The van der Waals surface area contributed by atoms with Crippen molar-refractivity contribution in [3.63, 3.8) is 0 Å². The smallest absolute Gasteiger partial charge is 0.346 e. The molecular formula is C21H39IN4O11. The van der Waals surface area contributed by atoms with E-state index in [-0.39, 0.29) is 38.6 Å². The van der Waals surface area contributed by atoms with E-state index in [1.807, 2.05) is 42.2 Å². The molecule has 0 radical (unpaired) electrons. The Labute approximate surface area is 230 Å². The molecule has 37 heavy (non-hydrogen) atoms. The van der Waals surface area contributed by atoms with E-state index in [9.17, 15) is 38.4 Å². The second kappa shape index (κ2) is 43.3. The third-order valence-corrected chi connectivity index (χ3v) is 3.32. The van der Waals surface area contributed by atoms with E-state index in [1.54, 1.807) is 7.05 Å². The highest BCUT2D eigenvalue weighted by molar-refractivity contribution is 14.1. The Morgan fingerprint density at radius 3 is 1.73 bits per heavy atom. The molecule has 0 aliphatic rings. The second-order valence-electron chi connectivity index (χ2n) is 5.80. The molecule has 0 aromatic heterocycles. The van der Waals surface area contributed by atoms with E-state index < -0.39 is 11.9 Å². The second-order valence-corrected chi connectivity index (χ2v) is 6.88. The summed E-state index contributed by atoms with van der Waals surface area (Å²) in [6.45, 7) is -0.383. The summed E-state index contributed by atoms with van der Waals surface area (Å²) in [6, 6.07) is 0. The molecule has 0 fully saturated rings. The number of aldehydes is 4. The van der Waals surface area contributed by atoms with Crippen LogP contribution in [-0.4, -0.2) is 112 Å². The van der Waals surface area contributed by atoms with Crippen molar-refractivity contribution in [1.29, 1.82) is 0 Å². The summed E-state index contributed by atoms with van der Waals surface area (Å²) in [4.78, 5) is 87.0. The van der Waals surface area contributed by atoms with Gasteiger partial charge in [-0.1, -0.05) is 22.6 Å². The average Bonchev–Trinajstić information content (AvgIpc) is 2.90. The van der Waals surface area contributed by atoms with Gasteiger partial charge in [0, 0.05) is 50.7 Å². The van der Waals surface area contributed by atoms with Gasteiger partial charge in [-0.05, 0) is 14.1 Å². The minimum Gasteiger partial charge on any atom is -0.452 e. The predicted octanol–water partition coefficient (Wildman–Crippen LogP) is -1.66. The Kier molecular flexibility index (Phi) is 51.7. The first kappa shape index (κ1) is 44.2. The van der Waals surface area contributed by atoms with Crippen molar-refractivity contribution in [2.75, 3.05) is 52.5 Å². The van der Waals surface area contributed by atoms with Crippen LogP contribution in [-0.2, 0) is 47.9 Å². The number of aliphatic hydroxyl groups is 1. The molecule has 216 valence electrons. The topological polar surface area (TPSA) is 215 Å². The molecule has 0 unspecified atom stereocenters. The minimum atomic E-state index is -0.756. The van der Waals surface area contributed by atoms with Gasteiger partial charge >= 0.3 is 5.97 Å². The number of amides is 2. The van der Waals surface area contributed by atoms with E-state index in [2.05, 4.69) is 20.2 Å². The molecule has 0 rings (SSSR count). The molecule has 0 bridgehead atoms. The third kappa shape index (κ3) is 50.9. The molecule has 15 nitrogen and oxygen atoms in total. The number of carbonyl (C=O) groups excluding carboxylic acids is 8. The van der Waals surface area contributed by atoms with Crippen LogP contribution in [0.3, 0.4) is 0 Å². The van der Waals surface area contributed by atoms with Crippen molar-refractivity contribution >= 4 is 72.0 Å². The van der Waals surface area contributed by atoms with E-state index in [4.69, 9.17) is 5.11 Å². The fourth-order valence-electron chi connectivity index (χ4n) is 1.32. The molecule has 0 aromatic carbocycles. The Morgan fingerprint density at radius 1 is 0.838 bits per heavy atom. The number of hydrogen-bond donors (Lipinski definition) is 4. The van der Waals surface area contributed by atoms with Gasteiger partial charge in [0.25, 0.3) is 12.4 Å². The van der Waals surface area contributed by atoms with E-state index in [0.29, 0.717) is 36.4 Å². The van der Waals surface area contributed by atoms with E-state index in [1.165, 1.54) is 4.90 Å². The molecule has 0 heterocycles. The summed E-state index contributed by atoms with van der Waals surface area (Å²) in [7, 11) is 6.30. The summed E-state index contributed by atoms with van der Waals surface area (Å²) < 4.78 is 5.01. The Balaban J connectivity index is -0.000000148. The van der Waals surface area contributed by atoms with Crippen molar-refractivity contribution in [3.05, 3.63) is 0 Å². The lowest BCUT2D eigenvalue weighted by molar-refractivity contribution is -0.160. The molecule has 4 N–H and O–H groups in total. The maximum absolute atomic E-state index is 11.3. The third-order valence-electron chi connectivity index (χ3n) is 2.78. The molecule has 0 spiro atoms. The molecule has 16 heteroatoms. The number of rotatable bonds is 15. The van der Waals surface area contributed by atoms with E-state index in [0.717, 1.165) is 26.0 Å². The summed E-state index contributed by atoms with van der Waals surface area (Å²) in [6.07, 6.45) is 4.33. The van der Waals surface area contributed by atoms with Crippen LogP contribution in [0.2, 0.25) is 0 Å². The number of halogens is 1. The van der Waals surface area contributed by atoms with Crippen LogP contribution >= 0.6 is 22.6 Å². The van der Waals surface area contributed by atoms with Gasteiger partial charge in [-0.15, -0.1) is 0 Å². The molecule has 0 saturated heterocycles. The van der Waals surface area contributed by atoms with Gasteiger partial charge in [-0.3, -0.25) is 19.3 Å². The van der Waals surface area contributed by atoms with Crippen LogP contribution in [0, 0.1) is 0 Å². The zero-order valence-corrected chi connectivity index (χ0v) is 23.8. The standard InChI is InChI=1S/C9H13IN2O6.C5H9NO2.C4H6O2.C2H7N.CH4O/c10-2-1-8(15)11-18-9(16)5-12(3-4-13)6-17-7-14;1-6-5(8)3-2-4-7;5-3-1-2-4-6;1-3-2;1-2/h4,7H,1-3,5-6H2,(H,11,15);4H,2-3H2,1H3,(H,6,8);3-4H,1-2H2;3H,1-2H3;2H,1H3. The average molecular weight is 650 g/mol. The lowest BCUT2D eigenvalue weighted by Gasteiger charge is -2.16. The normalized spacial score (nSPS) is 8.30. The first-order valence-corrected chi connectivity index (χ1v) is 12.1. The Hall–Kier alpha value is -2.83. The van der Waals surface area contributed by atoms with Crippen molar-refractivity contribution in [2.24, 2.45) is 0 Å². The number of alkyl halides is 1. The lowest BCUT2D eigenvalue weighted by atomic mass is 10.3. The number of nitrogens with zero attached hydrogens (tertiary/aromatic N) is 1. The van der Waals surface area contributed by atoms with Gasteiger partial charge in [0.15, 0.2) is 0 Å². The van der Waals surface area contributed by atoms with Crippen molar-refractivity contribution in [2.45, 2.75) is 32.1 Å². The number of aliphatic hydroxyl groups excluding tert-OH is 1. The van der Waals surface area contributed by atoms with Gasteiger partial charge in [0.05, 0.1) is 6.54 Å². The Morgan fingerprint density at radius 2 is 1.35 bits per heavy atom. The van der Waals surface area contributed by atoms with Crippen LogP contribution in [0.15, 0.2) is 0 Å². The van der Waals surface area contributed by atoms with Gasteiger partial charge in [-0.25, -0.2) is 4.79 Å². The molecule has 0 aliphatic carbocycles. The molecule has 0 aromatic rings. The highest BCUT2D eigenvalue weighted by Crippen LogP contribution is 1.91. The van der Waals surface area contributed by atoms with Crippen LogP contribution < -0.4 is 16.1 Å². The highest BCUT2D eigenvalue weighted by atomic mass is 127. The molecule has 0 saturated carbocycles. The number of ether oxygens (including phenoxy) is 1. The fourth-order valence-corrected chi connectivity index (χ4v) is 1.81. The first-order valence-electron chi connectivity index (χ1n) is 10.6. The summed E-state index contributed by atoms with van der Waals surface area (Å²) in [5.41, 5.74) is 1.97. The largest absolute Gasteiger partial charge is 0.452 e. The van der Waals surface area contributed by atoms with Crippen molar-refractivity contribution in [3.8, 4) is 0 Å². The number of unbranched alkanes of at least 4 members (excludes halogenated alkanes) is 1. The van der Waals surface area contributed by atoms with Crippen molar-refractivity contribution in [1.82, 2.24) is 21.0 Å². The summed E-state index contributed by atoms with van der Waals surface area (Å²) in [5, 5.41) is 12.2. The van der Waals surface area contributed by atoms with Crippen LogP contribution in [0.5, 0.6) is 0 Å². The monoisotopic (exact) mass is 650 g/mol. The fraction of sp³-hybridized carbons (Fsp3) is 0.619. The maximum atomic E-state index is 11.3. The Bertz CT molecular complexity index is 589. The zero-order valence-electron chi connectivity index (χ0n) is 21.6. The van der Waals surface area contributed by atoms with Crippen LogP contribution in [0.4, 0.5) is 0 Å². The maximum Gasteiger partial charge on any atom is 0.346 e. The predicted molar refractivity (Wildman–Crippen MR) is 141 cm³/mol. The zero-order chi connectivity index (χ0) is 29.7. The number of hydrogen-bond acceptors (Lipinski definition) is 13. The molecular weight excluding hydrogens is 611 g/mol. The van der Waals surface area contributed by atoms with Crippen LogP contribution in [0.1, 0.15) is 32.1 Å². The van der Waals surface area contributed by atoms with Gasteiger partial charge in [0.2, 0.25) is 5.91 Å². The first-order chi connectivity index (χ1) is 17.8. The highest BCUT2D eigenvalue weighted by Gasteiger charge is 2.13. The van der Waals surface area contributed by atoms with Gasteiger partial charge in [-0.2, -0.15) is 5.48 Å². The molecule has 0 atom stereocenters. The minimum absolute atomic E-state index is 0.0860. The lowest BCUT2D eigenvalue weighted by Crippen LogP contribution is -2.37.